The number of hydrogen-bond acceptors (Lipinski definition) is 9. The lowest BCUT2D eigenvalue weighted by atomic mass is 10.1. The van der Waals surface area contributed by atoms with Crippen molar-refractivity contribution in [2.75, 3.05) is 26.2 Å². The fraction of sp³-hybridized carbons (Fsp3) is 0.286. The number of esters is 1. The fourth-order valence-corrected chi connectivity index (χ4v) is 3.81. The summed E-state index contributed by atoms with van der Waals surface area (Å²) in [6.07, 6.45) is 5.86. The number of thioether (sulfide) groups is 1. The largest absolute Gasteiger partial charge is 0.497 e. The van der Waals surface area contributed by atoms with E-state index in [4.69, 9.17) is 14.0 Å². The molecule has 0 saturated carbocycles. The van der Waals surface area contributed by atoms with Gasteiger partial charge in [-0.2, -0.15) is 21.8 Å². The van der Waals surface area contributed by atoms with E-state index in [0.29, 0.717) is 18.1 Å². The third-order valence-corrected chi connectivity index (χ3v) is 5.66. The van der Waals surface area contributed by atoms with Gasteiger partial charge < -0.3 is 18.6 Å². The van der Waals surface area contributed by atoms with Gasteiger partial charge in [0.05, 0.1) is 19.8 Å². The molecule has 2 aromatic rings. The quantitative estimate of drug-likeness (QED) is 0.399. The highest BCUT2D eigenvalue weighted by Crippen LogP contribution is 2.29. The molecule has 1 atom stereocenters. The summed E-state index contributed by atoms with van der Waals surface area (Å²) >= 11 is 1.66. The van der Waals surface area contributed by atoms with Gasteiger partial charge in [-0.3, -0.25) is 4.79 Å². The zero-order valence-corrected chi connectivity index (χ0v) is 18.5. The van der Waals surface area contributed by atoms with Crippen molar-refractivity contribution in [2.24, 2.45) is 0 Å². The lowest BCUT2D eigenvalue weighted by molar-refractivity contribution is 0.0600. The fourth-order valence-electron chi connectivity index (χ4n) is 3.35. The third-order valence-electron chi connectivity index (χ3n) is 5.02. The third kappa shape index (κ3) is 4.11. The minimum Gasteiger partial charge on any atom is -0.497 e. The molecular formula is C21H21N5O5S. The first-order valence-corrected chi connectivity index (χ1v) is 11.1. The smallest absolute Gasteiger partial charge is 0.341 e. The van der Waals surface area contributed by atoms with Crippen LogP contribution in [0.4, 0.5) is 0 Å². The molecule has 2 aliphatic rings. The van der Waals surface area contributed by atoms with E-state index in [0.717, 1.165) is 17.1 Å². The maximum absolute atomic E-state index is 12.3. The number of carbonyl (C=O) groups is 1. The topological polar surface area (TPSA) is 125 Å². The first-order chi connectivity index (χ1) is 15.5. The second-order valence-electron chi connectivity index (χ2n) is 6.91. The predicted molar refractivity (Wildman–Crippen MR) is 118 cm³/mol. The highest BCUT2D eigenvalue weighted by Gasteiger charge is 2.27. The highest BCUT2D eigenvalue weighted by atomic mass is 32.2. The lowest BCUT2D eigenvalue weighted by Crippen LogP contribution is -2.17. The number of ether oxygens (including phenoxy) is 2. The first-order valence-electron chi connectivity index (χ1n) is 9.70. The Labute approximate surface area is 187 Å². The summed E-state index contributed by atoms with van der Waals surface area (Å²) in [7, 11) is 2.88. The second kappa shape index (κ2) is 9.27. The second-order valence-corrected chi connectivity index (χ2v) is 7.89. The molecule has 1 unspecified atom stereocenters. The van der Waals surface area contributed by atoms with Gasteiger partial charge in [0.15, 0.2) is 0 Å². The molecule has 0 spiro atoms. The molecular weight excluding hydrogens is 434 g/mol. The van der Waals surface area contributed by atoms with Crippen LogP contribution in [0.2, 0.25) is 0 Å². The zero-order chi connectivity index (χ0) is 22.7. The maximum atomic E-state index is 12.3. The van der Waals surface area contributed by atoms with Crippen molar-refractivity contribution in [2.45, 2.75) is 12.5 Å². The van der Waals surface area contributed by atoms with E-state index in [1.165, 1.54) is 7.11 Å². The molecule has 4 rings (SSSR count). The van der Waals surface area contributed by atoms with Crippen LogP contribution < -0.4 is 10.3 Å². The van der Waals surface area contributed by atoms with Crippen LogP contribution in [0.15, 0.2) is 46.0 Å². The van der Waals surface area contributed by atoms with Crippen LogP contribution in [0, 0.1) is 0 Å². The van der Waals surface area contributed by atoms with Gasteiger partial charge >= 0.3 is 5.97 Å². The molecule has 10 nitrogen and oxygen atoms in total. The summed E-state index contributed by atoms with van der Waals surface area (Å²) in [4.78, 5) is 29.2. The average molecular weight is 455 g/mol. The van der Waals surface area contributed by atoms with Crippen molar-refractivity contribution in [1.82, 2.24) is 24.9 Å². The molecule has 0 fully saturated rings. The number of nitrogens with zero attached hydrogens (tertiary/aromatic N) is 4. The van der Waals surface area contributed by atoms with E-state index in [-0.39, 0.29) is 16.8 Å². The molecule has 3 heterocycles. The number of benzene rings is 1. The van der Waals surface area contributed by atoms with Crippen LogP contribution in [0.3, 0.4) is 0 Å². The number of fused-ring (bicyclic) bond motifs is 1. The van der Waals surface area contributed by atoms with Gasteiger partial charge in [0.1, 0.15) is 23.0 Å². The van der Waals surface area contributed by atoms with Gasteiger partial charge in [-0.15, -0.1) is 0 Å². The Morgan fingerprint density at radius 3 is 2.72 bits per heavy atom. The van der Waals surface area contributed by atoms with E-state index in [1.54, 1.807) is 35.8 Å². The number of aromatic nitrogens is 5. The normalized spacial score (nSPS) is 12.1. The summed E-state index contributed by atoms with van der Waals surface area (Å²) < 4.78 is 17.4. The van der Waals surface area contributed by atoms with Gasteiger partial charge in [-0.25, -0.2) is 9.89 Å². The molecule has 166 valence electrons. The number of nitrogens with one attached hydrogen (secondary N) is 1. The van der Waals surface area contributed by atoms with Crippen molar-refractivity contribution in [1.29, 1.82) is 0 Å². The SMILES string of the molecule is COC(=O)c1cn(C(CCSC)c2nc(-c3ccc(OC)cc3)no2)cc2c(=O)[nH]nc1-2. The molecule has 0 saturated heterocycles. The van der Waals surface area contributed by atoms with Crippen molar-refractivity contribution < 1.29 is 18.8 Å². The van der Waals surface area contributed by atoms with Crippen LogP contribution in [0.1, 0.15) is 28.7 Å². The van der Waals surface area contributed by atoms with Crippen LogP contribution in [0.25, 0.3) is 22.6 Å². The van der Waals surface area contributed by atoms with Crippen LogP contribution in [-0.4, -0.2) is 57.1 Å². The van der Waals surface area contributed by atoms with Crippen molar-refractivity contribution in [3.05, 3.63) is 58.5 Å². The van der Waals surface area contributed by atoms with E-state index in [9.17, 15) is 9.59 Å². The van der Waals surface area contributed by atoms with Crippen LogP contribution in [-0.2, 0) is 4.74 Å². The molecule has 0 aliphatic carbocycles. The number of rotatable bonds is 8. The Balaban J connectivity index is 1.78. The minimum absolute atomic E-state index is 0.174. The number of methoxy groups -OCH3 is 2. The maximum Gasteiger partial charge on any atom is 0.341 e. The number of carbonyl (C=O) groups excluding carboxylic acids is 1. The standard InChI is InChI=1S/C21H21N5O5S/c1-29-13-6-4-12(5-7-13)18-22-20(31-25-18)16(8-9-32-3)26-10-14-17(23-24-19(14)27)15(11-26)21(28)30-2/h4-7,10-11,16H,8-9H2,1-3H3,(H,24,27). The molecule has 0 bridgehead atoms. The first kappa shape index (κ1) is 21.6. The number of aromatic amines is 1. The molecule has 11 heteroatoms. The Morgan fingerprint density at radius 1 is 1.25 bits per heavy atom. The molecule has 2 aliphatic heterocycles. The van der Waals surface area contributed by atoms with Gasteiger partial charge in [0.2, 0.25) is 11.7 Å². The van der Waals surface area contributed by atoms with Crippen molar-refractivity contribution in [3.8, 4) is 28.4 Å². The Morgan fingerprint density at radius 2 is 2.03 bits per heavy atom. The average Bonchev–Trinajstić information content (AvgIpc) is 3.46. The van der Waals surface area contributed by atoms with Crippen LogP contribution >= 0.6 is 11.8 Å². The summed E-state index contributed by atoms with van der Waals surface area (Å²) in [5.41, 5.74) is 1.08. The summed E-state index contributed by atoms with van der Waals surface area (Å²) in [6, 6.07) is 6.92. The Kier molecular flexibility index (Phi) is 6.26. The predicted octanol–water partition coefficient (Wildman–Crippen LogP) is 2.86. The summed E-state index contributed by atoms with van der Waals surface area (Å²) in [5, 5.41) is 10.5. The number of H-pyrrole nitrogens is 1. The molecule has 0 radical (unpaired) electrons. The number of hydrogen-bond donors (Lipinski definition) is 1. The van der Waals surface area contributed by atoms with Crippen molar-refractivity contribution >= 4 is 17.7 Å². The Bertz CT molecular complexity index is 1250. The highest BCUT2D eigenvalue weighted by molar-refractivity contribution is 7.98. The molecule has 32 heavy (non-hydrogen) atoms. The van der Waals surface area contributed by atoms with E-state index in [1.807, 2.05) is 30.5 Å². The number of pyridine rings is 1. The van der Waals surface area contributed by atoms with E-state index >= 15 is 0 Å². The monoisotopic (exact) mass is 455 g/mol. The zero-order valence-electron chi connectivity index (χ0n) is 17.7. The Hall–Kier alpha value is -3.60. The lowest BCUT2D eigenvalue weighted by Gasteiger charge is -2.19. The van der Waals surface area contributed by atoms with Gasteiger partial charge in [-0.1, -0.05) is 5.16 Å². The van der Waals surface area contributed by atoms with Gasteiger partial charge in [0.25, 0.3) is 5.56 Å². The molecule has 0 amide bonds. The van der Waals surface area contributed by atoms with Gasteiger partial charge in [-0.05, 0) is 42.7 Å². The summed E-state index contributed by atoms with van der Waals surface area (Å²) in [6.45, 7) is 0. The van der Waals surface area contributed by atoms with E-state index < -0.39 is 17.6 Å². The summed E-state index contributed by atoms with van der Waals surface area (Å²) in [5.74, 6) is 1.71. The van der Waals surface area contributed by atoms with Gasteiger partial charge in [0, 0.05) is 18.0 Å². The van der Waals surface area contributed by atoms with Crippen LogP contribution in [0.5, 0.6) is 5.75 Å². The molecule has 1 N–H and O–H groups in total. The molecule has 1 aromatic carbocycles. The minimum atomic E-state index is -0.594. The van der Waals surface area contributed by atoms with E-state index in [2.05, 4.69) is 20.3 Å². The van der Waals surface area contributed by atoms with Crippen molar-refractivity contribution in [3.63, 3.8) is 0 Å². The molecule has 1 aromatic heterocycles.